The van der Waals surface area contributed by atoms with Gasteiger partial charge in [0.25, 0.3) is 0 Å². The Labute approximate surface area is 93.8 Å². The highest BCUT2D eigenvalue weighted by molar-refractivity contribution is 9.10. The number of anilines is 1. The largest absolute Gasteiger partial charge is 0.383 e. The number of halogens is 1. The molecule has 0 aliphatic carbocycles. The Morgan fingerprint density at radius 3 is 2.36 bits per heavy atom. The van der Waals surface area contributed by atoms with E-state index in [0.717, 1.165) is 17.6 Å². The van der Waals surface area contributed by atoms with Gasteiger partial charge in [0.05, 0.1) is 6.61 Å². The van der Waals surface area contributed by atoms with Crippen LogP contribution in [-0.4, -0.2) is 20.3 Å². The van der Waals surface area contributed by atoms with E-state index in [1.165, 1.54) is 16.8 Å². The van der Waals surface area contributed by atoms with Crippen LogP contribution < -0.4 is 5.32 Å². The number of methoxy groups -OCH3 is 1. The van der Waals surface area contributed by atoms with E-state index in [1.807, 2.05) is 0 Å². The summed E-state index contributed by atoms with van der Waals surface area (Å²) in [5, 5.41) is 3.36. The minimum Gasteiger partial charge on any atom is -0.383 e. The van der Waals surface area contributed by atoms with Gasteiger partial charge in [0.2, 0.25) is 0 Å². The maximum absolute atomic E-state index is 5.00. The quantitative estimate of drug-likeness (QED) is 0.838. The van der Waals surface area contributed by atoms with E-state index in [2.05, 4.69) is 47.2 Å². The number of nitrogens with one attached hydrogen (secondary N) is 1. The molecule has 1 rings (SSSR count). The summed E-state index contributed by atoms with van der Waals surface area (Å²) in [7, 11) is 1.71. The van der Waals surface area contributed by atoms with Crippen molar-refractivity contribution in [3.63, 3.8) is 0 Å². The molecule has 1 aromatic rings. The molecule has 0 spiro atoms. The number of ether oxygens (including phenoxy) is 1. The molecule has 0 amide bonds. The fraction of sp³-hybridized carbons (Fsp3) is 0.455. The summed E-state index contributed by atoms with van der Waals surface area (Å²) in [6.07, 6.45) is 0. The van der Waals surface area contributed by atoms with E-state index in [1.54, 1.807) is 7.11 Å². The summed E-state index contributed by atoms with van der Waals surface area (Å²) in [6, 6.07) is 4.23. The summed E-state index contributed by atoms with van der Waals surface area (Å²) in [6.45, 7) is 5.79. The lowest BCUT2D eigenvalue weighted by atomic mass is 10.1. The van der Waals surface area contributed by atoms with E-state index in [4.69, 9.17) is 4.74 Å². The molecule has 78 valence electrons. The fourth-order valence-electron chi connectivity index (χ4n) is 1.47. The summed E-state index contributed by atoms with van der Waals surface area (Å²) < 4.78 is 6.12. The minimum absolute atomic E-state index is 0.731. The maximum atomic E-state index is 5.00. The van der Waals surface area contributed by atoms with Gasteiger partial charge in [0.1, 0.15) is 0 Å². The van der Waals surface area contributed by atoms with Crippen molar-refractivity contribution in [1.29, 1.82) is 0 Å². The molecule has 0 aliphatic heterocycles. The van der Waals surface area contributed by atoms with Crippen molar-refractivity contribution >= 4 is 21.6 Å². The van der Waals surface area contributed by atoms with E-state index in [-0.39, 0.29) is 0 Å². The average molecular weight is 258 g/mol. The van der Waals surface area contributed by atoms with Gasteiger partial charge in [-0.3, -0.25) is 0 Å². The Balaban J connectivity index is 2.75. The third-order valence-electron chi connectivity index (χ3n) is 2.11. The summed E-state index contributed by atoms with van der Waals surface area (Å²) >= 11 is 3.48. The van der Waals surface area contributed by atoms with Gasteiger partial charge in [0, 0.05) is 23.8 Å². The summed E-state index contributed by atoms with van der Waals surface area (Å²) in [4.78, 5) is 0. The molecular formula is C11H16BrNO. The smallest absolute Gasteiger partial charge is 0.0635 e. The molecule has 0 saturated heterocycles. The number of benzene rings is 1. The van der Waals surface area contributed by atoms with E-state index in [0.29, 0.717) is 0 Å². The van der Waals surface area contributed by atoms with Crippen LogP contribution in [-0.2, 0) is 4.74 Å². The lowest BCUT2D eigenvalue weighted by Gasteiger charge is -2.12. The Hall–Kier alpha value is -0.540. The predicted molar refractivity (Wildman–Crippen MR) is 64.0 cm³/mol. The third-order valence-corrected chi connectivity index (χ3v) is 2.56. The molecule has 1 N–H and O–H groups in total. The summed E-state index contributed by atoms with van der Waals surface area (Å²) in [5.74, 6) is 0. The number of hydrogen-bond donors (Lipinski definition) is 1. The van der Waals surface area contributed by atoms with Crippen LogP contribution in [0.4, 0.5) is 5.69 Å². The highest BCUT2D eigenvalue weighted by Gasteiger charge is 2.02. The lowest BCUT2D eigenvalue weighted by Crippen LogP contribution is -2.09. The van der Waals surface area contributed by atoms with Gasteiger partial charge in [0.15, 0.2) is 0 Å². The Bertz CT molecular complexity index is 289. The minimum atomic E-state index is 0.731. The first-order valence-corrected chi connectivity index (χ1v) is 5.44. The molecule has 0 atom stereocenters. The first kappa shape index (κ1) is 11.5. The second-order valence-electron chi connectivity index (χ2n) is 3.33. The van der Waals surface area contributed by atoms with Crippen LogP contribution in [0.2, 0.25) is 0 Å². The zero-order chi connectivity index (χ0) is 10.6. The van der Waals surface area contributed by atoms with Crippen LogP contribution >= 0.6 is 15.9 Å². The van der Waals surface area contributed by atoms with Gasteiger partial charge in [-0.1, -0.05) is 15.9 Å². The molecule has 0 radical (unpaired) electrons. The van der Waals surface area contributed by atoms with Gasteiger partial charge in [-0.05, 0) is 37.1 Å². The highest BCUT2D eigenvalue weighted by Crippen LogP contribution is 2.24. The molecule has 14 heavy (non-hydrogen) atoms. The predicted octanol–water partition coefficient (Wildman–Crippen LogP) is 3.12. The standard InChI is InChI=1S/C11H16BrNO/c1-8-6-10(12)7-9(2)11(8)13-4-5-14-3/h6-7,13H,4-5H2,1-3H3. The molecule has 0 aromatic heterocycles. The first-order chi connectivity index (χ1) is 6.65. The number of aryl methyl sites for hydroxylation is 2. The molecule has 3 heteroatoms. The van der Waals surface area contributed by atoms with Crippen molar-refractivity contribution in [2.24, 2.45) is 0 Å². The molecule has 0 aliphatic rings. The van der Waals surface area contributed by atoms with Crippen LogP contribution in [0.25, 0.3) is 0 Å². The molecule has 0 unspecified atom stereocenters. The van der Waals surface area contributed by atoms with Crippen molar-refractivity contribution in [2.45, 2.75) is 13.8 Å². The van der Waals surface area contributed by atoms with E-state index < -0.39 is 0 Å². The molecule has 0 fully saturated rings. The molecule has 0 bridgehead atoms. The van der Waals surface area contributed by atoms with Crippen molar-refractivity contribution < 1.29 is 4.74 Å². The fourth-order valence-corrected chi connectivity index (χ4v) is 2.15. The topological polar surface area (TPSA) is 21.3 Å². The number of rotatable bonds is 4. The van der Waals surface area contributed by atoms with Crippen molar-refractivity contribution in [1.82, 2.24) is 0 Å². The van der Waals surface area contributed by atoms with Gasteiger partial charge in [-0.25, -0.2) is 0 Å². The molecule has 0 heterocycles. The summed E-state index contributed by atoms with van der Waals surface area (Å²) in [5.41, 5.74) is 3.73. The monoisotopic (exact) mass is 257 g/mol. The molecule has 0 saturated carbocycles. The Morgan fingerprint density at radius 1 is 1.29 bits per heavy atom. The van der Waals surface area contributed by atoms with Gasteiger partial charge >= 0.3 is 0 Å². The Kier molecular flexibility index (Phi) is 4.42. The van der Waals surface area contributed by atoms with Crippen LogP contribution in [0.1, 0.15) is 11.1 Å². The van der Waals surface area contributed by atoms with Crippen LogP contribution in [0.5, 0.6) is 0 Å². The zero-order valence-electron chi connectivity index (χ0n) is 8.86. The van der Waals surface area contributed by atoms with Gasteiger partial charge < -0.3 is 10.1 Å². The second kappa shape index (κ2) is 5.37. The second-order valence-corrected chi connectivity index (χ2v) is 4.25. The zero-order valence-corrected chi connectivity index (χ0v) is 10.4. The maximum Gasteiger partial charge on any atom is 0.0635 e. The van der Waals surface area contributed by atoms with E-state index >= 15 is 0 Å². The first-order valence-electron chi connectivity index (χ1n) is 4.64. The van der Waals surface area contributed by atoms with Crippen LogP contribution in [0.3, 0.4) is 0 Å². The highest BCUT2D eigenvalue weighted by atomic mass is 79.9. The lowest BCUT2D eigenvalue weighted by molar-refractivity contribution is 0.211. The van der Waals surface area contributed by atoms with Crippen LogP contribution in [0.15, 0.2) is 16.6 Å². The Morgan fingerprint density at radius 2 is 1.86 bits per heavy atom. The van der Waals surface area contributed by atoms with Crippen molar-refractivity contribution in [2.75, 3.05) is 25.6 Å². The van der Waals surface area contributed by atoms with Crippen LogP contribution in [0, 0.1) is 13.8 Å². The van der Waals surface area contributed by atoms with Gasteiger partial charge in [-0.2, -0.15) is 0 Å². The van der Waals surface area contributed by atoms with Crippen molar-refractivity contribution in [3.05, 3.63) is 27.7 Å². The molecule has 2 nitrogen and oxygen atoms in total. The van der Waals surface area contributed by atoms with E-state index in [9.17, 15) is 0 Å². The molecular weight excluding hydrogens is 242 g/mol. The SMILES string of the molecule is COCCNc1c(C)cc(Br)cc1C. The normalized spacial score (nSPS) is 10.3. The van der Waals surface area contributed by atoms with Gasteiger partial charge in [-0.15, -0.1) is 0 Å². The van der Waals surface area contributed by atoms with Crippen molar-refractivity contribution in [3.8, 4) is 0 Å². The average Bonchev–Trinajstić information content (AvgIpc) is 2.09. The molecule has 1 aromatic carbocycles. The number of hydrogen-bond acceptors (Lipinski definition) is 2. The third kappa shape index (κ3) is 3.00.